The molecule has 1 N–H and O–H groups in total. The first-order chi connectivity index (χ1) is 9.96. The standard InChI is InChI=1S/C17H17NO3/c1-17(2,19)12-20-14-7-9-16(10-8-14)21-15-5-3-13(11-18)4-6-15/h3-10,19H,12H2,1-2H3. The Kier molecular flexibility index (Phi) is 4.46. The molecule has 4 nitrogen and oxygen atoms in total. The van der Waals surface area contributed by atoms with Gasteiger partial charge in [-0.1, -0.05) is 0 Å². The van der Waals surface area contributed by atoms with Crippen LogP contribution < -0.4 is 9.47 Å². The molecule has 0 unspecified atom stereocenters. The van der Waals surface area contributed by atoms with Gasteiger partial charge in [0.25, 0.3) is 0 Å². The van der Waals surface area contributed by atoms with E-state index in [1.54, 1.807) is 62.4 Å². The molecular weight excluding hydrogens is 266 g/mol. The first-order valence-electron chi connectivity index (χ1n) is 6.59. The zero-order valence-electron chi connectivity index (χ0n) is 12.0. The van der Waals surface area contributed by atoms with Gasteiger partial charge in [-0.2, -0.15) is 5.26 Å². The van der Waals surface area contributed by atoms with E-state index in [9.17, 15) is 5.11 Å². The van der Waals surface area contributed by atoms with Gasteiger partial charge in [0.1, 0.15) is 23.9 Å². The SMILES string of the molecule is CC(C)(O)COc1ccc(Oc2ccc(C#N)cc2)cc1. The topological polar surface area (TPSA) is 62.5 Å². The number of ether oxygens (including phenoxy) is 2. The van der Waals surface area contributed by atoms with Crippen molar-refractivity contribution in [3.8, 4) is 23.3 Å². The van der Waals surface area contributed by atoms with E-state index in [4.69, 9.17) is 14.7 Å². The normalized spacial score (nSPS) is 10.8. The lowest BCUT2D eigenvalue weighted by atomic mass is 10.2. The smallest absolute Gasteiger partial charge is 0.127 e. The lowest BCUT2D eigenvalue weighted by Gasteiger charge is -2.17. The van der Waals surface area contributed by atoms with Crippen molar-refractivity contribution in [1.82, 2.24) is 0 Å². The first kappa shape index (κ1) is 14.9. The van der Waals surface area contributed by atoms with Crippen LogP contribution in [0.1, 0.15) is 19.4 Å². The highest BCUT2D eigenvalue weighted by atomic mass is 16.5. The summed E-state index contributed by atoms with van der Waals surface area (Å²) < 4.78 is 11.1. The quantitative estimate of drug-likeness (QED) is 0.912. The van der Waals surface area contributed by atoms with Gasteiger partial charge >= 0.3 is 0 Å². The van der Waals surface area contributed by atoms with Crippen LogP contribution >= 0.6 is 0 Å². The Morgan fingerprint density at radius 2 is 1.43 bits per heavy atom. The summed E-state index contributed by atoms with van der Waals surface area (Å²) in [6.45, 7) is 3.60. The van der Waals surface area contributed by atoms with Gasteiger partial charge in [-0.25, -0.2) is 0 Å². The number of rotatable bonds is 5. The predicted octanol–water partition coefficient (Wildman–Crippen LogP) is 3.50. The zero-order chi connectivity index (χ0) is 15.3. The molecule has 0 spiro atoms. The van der Waals surface area contributed by atoms with E-state index in [1.807, 2.05) is 0 Å². The van der Waals surface area contributed by atoms with Crippen molar-refractivity contribution in [2.45, 2.75) is 19.4 Å². The van der Waals surface area contributed by atoms with Crippen molar-refractivity contribution >= 4 is 0 Å². The third-order valence-corrected chi connectivity index (χ3v) is 2.63. The molecule has 0 bridgehead atoms. The fourth-order valence-electron chi connectivity index (χ4n) is 1.60. The number of hydrogen-bond acceptors (Lipinski definition) is 4. The van der Waals surface area contributed by atoms with Crippen LogP contribution in [0.5, 0.6) is 17.2 Å². The van der Waals surface area contributed by atoms with Gasteiger partial charge in [0.15, 0.2) is 0 Å². The van der Waals surface area contributed by atoms with Gasteiger partial charge < -0.3 is 14.6 Å². The molecule has 21 heavy (non-hydrogen) atoms. The molecule has 0 fully saturated rings. The number of hydrogen-bond donors (Lipinski definition) is 1. The summed E-state index contributed by atoms with van der Waals surface area (Å²) in [6.07, 6.45) is 0. The maximum atomic E-state index is 9.60. The van der Waals surface area contributed by atoms with Crippen molar-refractivity contribution in [3.63, 3.8) is 0 Å². The molecule has 0 saturated carbocycles. The molecule has 0 heterocycles. The Morgan fingerprint density at radius 1 is 0.952 bits per heavy atom. The highest BCUT2D eigenvalue weighted by molar-refractivity contribution is 5.38. The van der Waals surface area contributed by atoms with Crippen LogP contribution in [0.3, 0.4) is 0 Å². The second-order valence-corrected chi connectivity index (χ2v) is 5.31. The third-order valence-electron chi connectivity index (χ3n) is 2.63. The van der Waals surface area contributed by atoms with E-state index in [1.165, 1.54) is 0 Å². The largest absolute Gasteiger partial charge is 0.491 e. The minimum Gasteiger partial charge on any atom is -0.491 e. The minimum absolute atomic E-state index is 0.225. The number of benzene rings is 2. The number of nitriles is 1. The summed E-state index contributed by atoms with van der Waals surface area (Å²) in [6, 6.07) is 16.1. The van der Waals surface area contributed by atoms with Gasteiger partial charge in [0.2, 0.25) is 0 Å². The molecule has 0 saturated heterocycles. The summed E-state index contributed by atoms with van der Waals surface area (Å²) in [5.74, 6) is 2.01. The minimum atomic E-state index is -0.863. The van der Waals surface area contributed by atoms with Gasteiger partial charge in [0, 0.05) is 0 Å². The third kappa shape index (κ3) is 4.83. The van der Waals surface area contributed by atoms with E-state index in [0.29, 0.717) is 22.8 Å². The van der Waals surface area contributed by atoms with E-state index >= 15 is 0 Å². The van der Waals surface area contributed by atoms with E-state index in [-0.39, 0.29) is 6.61 Å². The second kappa shape index (κ2) is 6.29. The molecule has 2 aromatic carbocycles. The molecule has 108 valence electrons. The Bertz CT molecular complexity index is 619. The molecule has 4 heteroatoms. The summed E-state index contributed by atoms with van der Waals surface area (Å²) in [5, 5.41) is 18.3. The Hall–Kier alpha value is -2.51. The highest BCUT2D eigenvalue weighted by Gasteiger charge is 2.13. The fourth-order valence-corrected chi connectivity index (χ4v) is 1.60. The van der Waals surface area contributed by atoms with Gasteiger partial charge in [-0.15, -0.1) is 0 Å². The molecular formula is C17H17NO3. The molecule has 0 atom stereocenters. The van der Waals surface area contributed by atoms with Gasteiger partial charge in [-0.05, 0) is 62.4 Å². The Morgan fingerprint density at radius 3 is 1.90 bits per heavy atom. The van der Waals surface area contributed by atoms with E-state index in [0.717, 1.165) is 0 Å². The molecule has 2 rings (SSSR count). The van der Waals surface area contributed by atoms with Crippen molar-refractivity contribution in [3.05, 3.63) is 54.1 Å². The Labute approximate surface area is 124 Å². The monoisotopic (exact) mass is 283 g/mol. The lowest BCUT2D eigenvalue weighted by molar-refractivity contribution is 0.0285. The van der Waals surface area contributed by atoms with Crippen molar-refractivity contribution in [1.29, 1.82) is 5.26 Å². The lowest BCUT2D eigenvalue weighted by Crippen LogP contribution is -2.27. The van der Waals surface area contributed by atoms with Crippen molar-refractivity contribution in [2.24, 2.45) is 0 Å². The van der Waals surface area contributed by atoms with E-state index < -0.39 is 5.60 Å². The van der Waals surface area contributed by atoms with Crippen molar-refractivity contribution in [2.75, 3.05) is 6.61 Å². The molecule has 0 aromatic heterocycles. The molecule has 0 radical (unpaired) electrons. The number of nitrogens with zero attached hydrogens (tertiary/aromatic N) is 1. The summed E-state index contributed by atoms with van der Waals surface area (Å²) in [7, 11) is 0. The predicted molar refractivity (Wildman–Crippen MR) is 79.5 cm³/mol. The maximum absolute atomic E-state index is 9.60. The molecule has 0 aliphatic carbocycles. The van der Waals surface area contributed by atoms with Crippen LogP contribution in [0.15, 0.2) is 48.5 Å². The molecule has 2 aromatic rings. The van der Waals surface area contributed by atoms with Crippen LogP contribution in [0.2, 0.25) is 0 Å². The Balaban J connectivity index is 1.97. The molecule has 0 aliphatic heterocycles. The van der Waals surface area contributed by atoms with Crippen LogP contribution in [0.25, 0.3) is 0 Å². The van der Waals surface area contributed by atoms with Gasteiger partial charge in [-0.3, -0.25) is 0 Å². The second-order valence-electron chi connectivity index (χ2n) is 5.31. The highest BCUT2D eigenvalue weighted by Crippen LogP contribution is 2.24. The fraction of sp³-hybridized carbons (Fsp3) is 0.235. The molecule has 0 aliphatic rings. The number of aliphatic hydroxyl groups is 1. The maximum Gasteiger partial charge on any atom is 0.127 e. The average molecular weight is 283 g/mol. The molecule has 0 amide bonds. The summed E-state index contributed by atoms with van der Waals surface area (Å²) in [4.78, 5) is 0. The van der Waals surface area contributed by atoms with Crippen molar-refractivity contribution < 1.29 is 14.6 Å². The van der Waals surface area contributed by atoms with Gasteiger partial charge in [0.05, 0.1) is 17.2 Å². The average Bonchev–Trinajstić information content (AvgIpc) is 2.46. The first-order valence-corrected chi connectivity index (χ1v) is 6.59. The van der Waals surface area contributed by atoms with Crippen LogP contribution in [-0.2, 0) is 0 Å². The van der Waals surface area contributed by atoms with Crippen LogP contribution in [0.4, 0.5) is 0 Å². The van der Waals surface area contributed by atoms with E-state index in [2.05, 4.69) is 6.07 Å². The summed E-state index contributed by atoms with van der Waals surface area (Å²) in [5.41, 5.74) is -0.268. The summed E-state index contributed by atoms with van der Waals surface area (Å²) >= 11 is 0. The van der Waals surface area contributed by atoms with Crippen LogP contribution in [0, 0.1) is 11.3 Å². The zero-order valence-corrected chi connectivity index (χ0v) is 12.0. The van der Waals surface area contributed by atoms with Crippen LogP contribution in [-0.4, -0.2) is 17.3 Å².